The molecule has 1 fully saturated rings. The molecule has 1 aliphatic rings. The van der Waals surface area contributed by atoms with Crippen LogP contribution in [-0.4, -0.2) is 25.0 Å². The monoisotopic (exact) mass is 240 g/mol. The molecule has 1 rings (SSSR count). The quantitative estimate of drug-likeness (QED) is 0.748. The zero-order valence-electron chi connectivity index (χ0n) is 11.6. The second kappa shape index (κ2) is 7.70. The van der Waals surface area contributed by atoms with Gasteiger partial charge in [0, 0.05) is 12.5 Å². The average Bonchev–Trinajstić information content (AvgIpc) is 2.34. The average molecular weight is 240 g/mol. The van der Waals surface area contributed by atoms with Crippen LogP contribution in [0, 0.1) is 11.8 Å². The highest BCUT2D eigenvalue weighted by atomic mass is 16.1. The van der Waals surface area contributed by atoms with Gasteiger partial charge in [0.25, 0.3) is 0 Å². The lowest BCUT2D eigenvalue weighted by Gasteiger charge is -2.24. The van der Waals surface area contributed by atoms with E-state index in [1.165, 1.54) is 12.8 Å². The summed E-state index contributed by atoms with van der Waals surface area (Å²) in [6, 6.07) is 0.340. The van der Waals surface area contributed by atoms with Crippen molar-refractivity contribution in [2.45, 2.75) is 58.9 Å². The molecule has 100 valence electrons. The molecule has 0 aromatic heterocycles. The summed E-state index contributed by atoms with van der Waals surface area (Å²) in [4.78, 5) is 11.8. The van der Waals surface area contributed by atoms with Crippen LogP contribution >= 0.6 is 0 Å². The third-order valence-electron chi connectivity index (χ3n) is 3.77. The van der Waals surface area contributed by atoms with Crippen molar-refractivity contribution in [1.82, 2.24) is 10.6 Å². The van der Waals surface area contributed by atoms with Crippen LogP contribution in [0.3, 0.4) is 0 Å². The molecule has 0 saturated carbocycles. The lowest BCUT2D eigenvalue weighted by atomic mass is 9.94. The molecule has 17 heavy (non-hydrogen) atoms. The highest BCUT2D eigenvalue weighted by Gasteiger charge is 2.17. The van der Waals surface area contributed by atoms with Gasteiger partial charge in [-0.3, -0.25) is 4.79 Å². The van der Waals surface area contributed by atoms with Crippen molar-refractivity contribution in [3.05, 3.63) is 0 Å². The first-order chi connectivity index (χ1) is 8.13. The number of nitrogens with one attached hydrogen (secondary N) is 2. The molecule has 1 saturated heterocycles. The fourth-order valence-electron chi connectivity index (χ4n) is 2.52. The number of rotatable bonds is 6. The van der Waals surface area contributed by atoms with E-state index in [1.807, 2.05) is 0 Å². The van der Waals surface area contributed by atoms with Gasteiger partial charge in [-0.15, -0.1) is 0 Å². The molecular weight excluding hydrogens is 212 g/mol. The smallest absolute Gasteiger partial charge is 0.220 e. The maximum atomic E-state index is 11.8. The number of carbonyl (C=O) groups excluding carboxylic acids is 1. The van der Waals surface area contributed by atoms with Gasteiger partial charge in [0.1, 0.15) is 0 Å². The standard InChI is InChI=1S/C14H28N2O/c1-4-13(11(2)3)16-14(17)8-7-12-6-5-9-15-10-12/h11-13,15H,4-10H2,1-3H3,(H,16,17). The van der Waals surface area contributed by atoms with Crippen LogP contribution in [0.15, 0.2) is 0 Å². The fraction of sp³-hybridized carbons (Fsp3) is 0.929. The minimum absolute atomic E-state index is 0.233. The molecule has 1 amide bonds. The second-order valence-electron chi connectivity index (χ2n) is 5.58. The Hall–Kier alpha value is -0.570. The van der Waals surface area contributed by atoms with Crippen molar-refractivity contribution in [3.63, 3.8) is 0 Å². The van der Waals surface area contributed by atoms with Crippen molar-refractivity contribution in [2.24, 2.45) is 11.8 Å². The lowest BCUT2D eigenvalue weighted by Crippen LogP contribution is -2.38. The molecule has 1 heterocycles. The summed E-state index contributed by atoms with van der Waals surface area (Å²) in [7, 11) is 0. The van der Waals surface area contributed by atoms with Crippen molar-refractivity contribution in [3.8, 4) is 0 Å². The highest BCUT2D eigenvalue weighted by molar-refractivity contribution is 5.76. The Morgan fingerprint density at radius 3 is 2.76 bits per heavy atom. The Balaban J connectivity index is 2.19. The maximum Gasteiger partial charge on any atom is 0.220 e. The van der Waals surface area contributed by atoms with Crippen LogP contribution in [0.1, 0.15) is 52.9 Å². The van der Waals surface area contributed by atoms with Gasteiger partial charge in [0.15, 0.2) is 0 Å². The molecular formula is C14H28N2O. The van der Waals surface area contributed by atoms with Gasteiger partial charge in [0.2, 0.25) is 5.91 Å². The largest absolute Gasteiger partial charge is 0.353 e. The number of hydrogen-bond donors (Lipinski definition) is 2. The van der Waals surface area contributed by atoms with Crippen molar-refractivity contribution < 1.29 is 4.79 Å². The summed E-state index contributed by atoms with van der Waals surface area (Å²) in [5, 5.41) is 6.54. The number of amides is 1. The minimum atomic E-state index is 0.233. The Morgan fingerprint density at radius 1 is 1.47 bits per heavy atom. The van der Waals surface area contributed by atoms with Crippen LogP contribution in [0.4, 0.5) is 0 Å². The summed E-state index contributed by atoms with van der Waals surface area (Å²) in [5.74, 6) is 1.46. The predicted octanol–water partition coefficient (Wildman–Crippen LogP) is 2.32. The van der Waals surface area contributed by atoms with Crippen LogP contribution in [0.5, 0.6) is 0 Å². The van der Waals surface area contributed by atoms with E-state index in [0.29, 0.717) is 24.3 Å². The summed E-state index contributed by atoms with van der Waals surface area (Å²) in [5.41, 5.74) is 0. The van der Waals surface area contributed by atoms with E-state index in [0.717, 1.165) is 25.9 Å². The minimum Gasteiger partial charge on any atom is -0.353 e. The molecule has 3 nitrogen and oxygen atoms in total. The van der Waals surface area contributed by atoms with Crippen LogP contribution in [0.2, 0.25) is 0 Å². The van der Waals surface area contributed by atoms with Gasteiger partial charge >= 0.3 is 0 Å². The molecule has 2 atom stereocenters. The van der Waals surface area contributed by atoms with Gasteiger partial charge in [0.05, 0.1) is 0 Å². The molecule has 2 unspecified atom stereocenters. The molecule has 0 aliphatic carbocycles. The van der Waals surface area contributed by atoms with E-state index in [9.17, 15) is 4.79 Å². The Labute approximate surface area is 106 Å². The van der Waals surface area contributed by atoms with Crippen LogP contribution < -0.4 is 10.6 Å². The topological polar surface area (TPSA) is 41.1 Å². The normalized spacial score (nSPS) is 22.5. The molecule has 0 radical (unpaired) electrons. The molecule has 0 aromatic carbocycles. The van der Waals surface area contributed by atoms with E-state index in [4.69, 9.17) is 0 Å². The van der Waals surface area contributed by atoms with Crippen LogP contribution in [-0.2, 0) is 4.79 Å². The number of piperidine rings is 1. The fourth-order valence-corrected chi connectivity index (χ4v) is 2.52. The van der Waals surface area contributed by atoms with Gasteiger partial charge in [-0.05, 0) is 50.6 Å². The first-order valence-corrected chi connectivity index (χ1v) is 7.13. The zero-order valence-corrected chi connectivity index (χ0v) is 11.6. The van der Waals surface area contributed by atoms with Gasteiger partial charge < -0.3 is 10.6 Å². The molecule has 3 heteroatoms. The molecule has 0 bridgehead atoms. The Kier molecular flexibility index (Phi) is 6.56. The Bertz CT molecular complexity index is 222. The predicted molar refractivity (Wildman–Crippen MR) is 71.9 cm³/mol. The zero-order chi connectivity index (χ0) is 12.7. The van der Waals surface area contributed by atoms with Crippen molar-refractivity contribution in [1.29, 1.82) is 0 Å². The van der Waals surface area contributed by atoms with Crippen molar-refractivity contribution >= 4 is 5.91 Å². The Morgan fingerprint density at radius 2 is 2.24 bits per heavy atom. The SMILES string of the molecule is CCC(NC(=O)CCC1CCCNC1)C(C)C. The van der Waals surface area contributed by atoms with E-state index < -0.39 is 0 Å². The molecule has 1 aliphatic heterocycles. The first-order valence-electron chi connectivity index (χ1n) is 7.13. The second-order valence-corrected chi connectivity index (χ2v) is 5.58. The highest BCUT2D eigenvalue weighted by Crippen LogP contribution is 2.16. The number of carbonyl (C=O) groups is 1. The summed E-state index contributed by atoms with van der Waals surface area (Å²) in [6.45, 7) is 8.71. The van der Waals surface area contributed by atoms with Gasteiger partial charge in [-0.2, -0.15) is 0 Å². The summed E-state index contributed by atoms with van der Waals surface area (Å²) in [6.07, 6.45) is 5.29. The van der Waals surface area contributed by atoms with Gasteiger partial charge in [-0.1, -0.05) is 20.8 Å². The van der Waals surface area contributed by atoms with E-state index in [1.54, 1.807) is 0 Å². The summed E-state index contributed by atoms with van der Waals surface area (Å²) >= 11 is 0. The van der Waals surface area contributed by atoms with E-state index in [2.05, 4.69) is 31.4 Å². The summed E-state index contributed by atoms with van der Waals surface area (Å²) < 4.78 is 0. The van der Waals surface area contributed by atoms with E-state index in [-0.39, 0.29) is 5.91 Å². The van der Waals surface area contributed by atoms with Gasteiger partial charge in [-0.25, -0.2) is 0 Å². The lowest BCUT2D eigenvalue weighted by molar-refractivity contribution is -0.122. The van der Waals surface area contributed by atoms with E-state index >= 15 is 0 Å². The maximum absolute atomic E-state index is 11.8. The molecule has 2 N–H and O–H groups in total. The first kappa shape index (κ1) is 14.5. The van der Waals surface area contributed by atoms with Crippen molar-refractivity contribution in [2.75, 3.05) is 13.1 Å². The number of hydrogen-bond acceptors (Lipinski definition) is 2. The molecule has 0 spiro atoms. The van der Waals surface area contributed by atoms with Crippen LogP contribution in [0.25, 0.3) is 0 Å². The third-order valence-corrected chi connectivity index (χ3v) is 3.77. The third kappa shape index (κ3) is 5.53. The molecule has 0 aromatic rings.